The van der Waals surface area contributed by atoms with Crippen molar-refractivity contribution in [2.24, 2.45) is 0 Å². The van der Waals surface area contributed by atoms with Crippen LogP contribution in [0.25, 0.3) is 0 Å². The predicted molar refractivity (Wildman–Crippen MR) is 39.4 cm³/mol. The van der Waals surface area contributed by atoms with Crippen LogP contribution in [-0.2, 0) is 0 Å². The molecule has 3 heteroatoms. The minimum atomic E-state index is -0.678. The van der Waals surface area contributed by atoms with Crippen LogP contribution in [0.5, 0.6) is 0 Å². The average molecular weight is 153 g/mol. The summed E-state index contributed by atoms with van der Waals surface area (Å²) in [6.45, 7) is 0.907. The molecule has 0 unspecified atom stereocenters. The zero-order valence-electron chi connectivity index (χ0n) is 6.26. The number of aliphatic hydroxyl groups excluding tert-OH is 1. The highest BCUT2D eigenvalue weighted by molar-refractivity contribution is 6.19. The van der Waals surface area contributed by atoms with Gasteiger partial charge < -0.3 is 9.59 Å². The number of hydrogen-bond donors (Lipinski definition) is 1. The van der Waals surface area contributed by atoms with Crippen molar-refractivity contribution in [2.75, 3.05) is 27.7 Å². The number of hydrogen-bond acceptors (Lipinski definition) is 1. The Labute approximate surface area is 61.6 Å². The predicted octanol–water partition coefficient (Wildman–Crippen LogP) is 0.640. The summed E-state index contributed by atoms with van der Waals surface area (Å²) in [6, 6.07) is 0. The Bertz CT molecular complexity index is 77.6. The summed E-state index contributed by atoms with van der Waals surface area (Å²) in [5.74, 6) is 0. The Kier molecular flexibility index (Phi) is 3.48. The van der Waals surface area contributed by atoms with Crippen LogP contribution in [0, 0.1) is 0 Å². The van der Waals surface area contributed by atoms with Crippen molar-refractivity contribution in [3.8, 4) is 0 Å². The first-order valence-corrected chi connectivity index (χ1v) is 3.48. The molecule has 2 nitrogen and oxygen atoms in total. The molecule has 0 aliphatic rings. The van der Waals surface area contributed by atoms with E-state index in [1.54, 1.807) is 0 Å². The SMILES string of the molecule is C[N+](C)(C)CC[C@@H](O)Cl. The second kappa shape index (κ2) is 3.40. The maximum absolute atomic E-state index is 8.67. The standard InChI is InChI=1S/C6H15ClNO/c1-8(2,3)5-4-6(7)9/h6,9H,4-5H2,1-3H3/q+1/t6-/m1/s1. The van der Waals surface area contributed by atoms with Crippen molar-refractivity contribution in [1.29, 1.82) is 0 Å². The van der Waals surface area contributed by atoms with Crippen LogP contribution in [0.3, 0.4) is 0 Å². The number of quaternary nitrogens is 1. The van der Waals surface area contributed by atoms with Gasteiger partial charge in [0.2, 0.25) is 0 Å². The fourth-order valence-corrected chi connectivity index (χ4v) is 0.591. The van der Waals surface area contributed by atoms with E-state index in [1.165, 1.54) is 0 Å². The van der Waals surface area contributed by atoms with Gasteiger partial charge in [0.15, 0.2) is 0 Å². The topological polar surface area (TPSA) is 20.2 Å². The first-order chi connectivity index (χ1) is 3.92. The molecule has 0 heterocycles. The lowest BCUT2D eigenvalue weighted by atomic mass is 10.4. The zero-order chi connectivity index (χ0) is 7.49. The third kappa shape index (κ3) is 8.21. The second-order valence-electron chi connectivity index (χ2n) is 3.24. The molecule has 0 saturated carbocycles. The first kappa shape index (κ1) is 9.21. The Morgan fingerprint density at radius 2 is 1.89 bits per heavy atom. The average Bonchev–Trinajstić information content (AvgIpc) is 1.59. The van der Waals surface area contributed by atoms with Crippen LogP contribution in [0.2, 0.25) is 0 Å². The molecular formula is C6H15ClNO+. The van der Waals surface area contributed by atoms with E-state index in [0.29, 0.717) is 6.42 Å². The lowest BCUT2D eigenvalue weighted by Gasteiger charge is -2.23. The van der Waals surface area contributed by atoms with Crippen LogP contribution in [0.4, 0.5) is 0 Å². The van der Waals surface area contributed by atoms with Crippen molar-refractivity contribution in [2.45, 2.75) is 12.0 Å². The highest BCUT2D eigenvalue weighted by atomic mass is 35.5. The van der Waals surface area contributed by atoms with Crippen molar-refractivity contribution >= 4 is 11.6 Å². The highest BCUT2D eigenvalue weighted by Crippen LogP contribution is 2.00. The monoisotopic (exact) mass is 152 g/mol. The summed E-state index contributed by atoms with van der Waals surface area (Å²) in [6.07, 6.45) is 0.658. The quantitative estimate of drug-likeness (QED) is 0.465. The summed E-state index contributed by atoms with van der Waals surface area (Å²) in [7, 11) is 6.21. The minimum absolute atomic E-state index is 0.658. The van der Waals surface area contributed by atoms with E-state index in [1.807, 2.05) is 0 Å². The summed E-state index contributed by atoms with van der Waals surface area (Å²) in [4.78, 5) is 0. The summed E-state index contributed by atoms with van der Waals surface area (Å²) < 4.78 is 0.851. The molecule has 0 amide bonds. The van der Waals surface area contributed by atoms with E-state index in [4.69, 9.17) is 16.7 Å². The lowest BCUT2D eigenvalue weighted by Crippen LogP contribution is -2.36. The normalized spacial score (nSPS) is 15.7. The fourth-order valence-electron chi connectivity index (χ4n) is 0.494. The smallest absolute Gasteiger partial charge is 0.133 e. The molecule has 56 valence electrons. The van der Waals surface area contributed by atoms with Gasteiger partial charge in [-0.3, -0.25) is 0 Å². The molecule has 0 bridgehead atoms. The molecule has 0 aromatic carbocycles. The summed E-state index contributed by atoms with van der Waals surface area (Å²) in [5.41, 5.74) is -0.678. The van der Waals surface area contributed by atoms with Gasteiger partial charge in [-0.25, -0.2) is 0 Å². The lowest BCUT2D eigenvalue weighted by molar-refractivity contribution is -0.870. The Morgan fingerprint density at radius 1 is 1.44 bits per heavy atom. The van der Waals surface area contributed by atoms with Gasteiger partial charge in [-0.2, -0.15) is 0 Å². The van der Waals surface area contributed by atoms with Crippen molar-refractivity contribution < 1.29 is 9.59 Å². The van der Waals surface area contributed by atoms with Gasteiger partial charge in [-0.15, -0.1) is 0 Å². The Hall–Kier alpha value is 0.210. The van der Waals surface area contributed by atoms with Crippen LogP contribution < -0.4 is 0 Å². The van der Waals surface area contributed by atoms with Crippen LogP contribution in [-0.4, -0.2) is 42.8 Å². The van der Waals surface area contributed by atoms with E-state index in [9.17, 15) is 0 Å². The van der Waals surface area contributed by atoms with Gasteiger partial charge in [0, 0.05) is 6.42 Å². The van der Waals surface area contributed by atoms with Gasteiger partial charge in [0.1, 0.15) is 5.56 Å². The van der Waals surface area contributed by atoms with E-state index in [-0.39, 0.29) is 0 Å². The van der Waals surface area contributed by atoms with E-state index in [2.05, 4.69) is 21.1 Å². The number of halogens is 1. The number of alkyl halides is 1. The minimum Gasteiger partial charge on any atom is -0.377 e. The molecule has 0 aliphatic carbocycles. The molecule has 0 radical (unpaired) electrons. The highest BCUT2D eigenvalue weighted by Gasteiger charge is 2.08. The zero-order valence-corrected chi connectivity index (χ0v) is 7.02. The van der Waals surface area contributed by atoms with Crippen molar-refractivity contribution in [1.82, 2.24) is 0 Å². The summed E-state index contributed by atoms with van der Waals surface area (Å²) >= 11 is 5.33. The summed E-state index contributed by atoms with van der Waals surface area (Å²) in [5, 5.41) is 8.67. The number of nitrogens with zero attached hydrogens (tertiary/aromatic N) is 1. The molecule has 0 aromatic rings. The first-order valence-electron chi connectivity index (χ1n) is 3.04. The van der Waals surface area contributed by atoms with Gasteiger partial charge in [-0.05, 0) is 0 Å². The molecule has 1 N–H and O–H groups in total. The molecule has 1 atom stereocenters. The van der Waals surface area contributed by atoms with E-state index >= 15 is 0 Å². The number of aliphatic hydroxyl groups is 1. The second-order valence-corrected chi connectivity index (χ2v) is 3.74. The molecule has 0 aliphatic heterocycles. The molecule has 0 rings (SSSR count). The molecule has 0 aromatic heterocycles. The molecule has 0 fully saturated rings. The molecule has 0 saturated heterocycles. The van der Waals surface area contributed by atoms with Crippen LogP contribution >= 0.6 is 11.6 Å². The van der Waals surface area contributed by atoms with E-state index in [0.717, 1.165) is 11.0 Å². The van der Waals surface area contributed by atoms with Gasteiger partial charge >= 0.3 is 0 Å². The molecule has 9 heavy (non-hydrogen) atoms. The van der Waals surface area contributed by atoms with Crippen molar-refractivity contribution in [3.63, 3.8) is 0 Å². The molecule has 0 spiro atoms. The van der Waals surface area contributed by atoms with Gasteiger partial charge in [0.05, 0.1) is 27.7 Å². The Morgan fingerprint density at radius 3 is 2.00 bits per heavy atom. The van der Waals surface area contributed by atoms with Gasteiger partial charge in [-0.1, -0.05) is 11.6 Å². The van der Waals surface area contributed by atoms with E-state index < -0.39 is 5.56 Å². The van der Waals surface area contributed by atoms with Gasteiger partial charge in [0.25, 0.3) is 0 Å². The third-order valence-electron chi connectivity index (χ3n) is 1.04. The fraction of sp³-hybridized carbons (Fsp3) is 1.00. The largest absolute Gasteiger partial charge is 0.377 e. The third-order valence-corrected chi connectivity index (χ3v) is 1.26. The van der Waals surface area contributed by atoms with Crippen LogP contribution in [0.1, 0.15) is 6.42 Å². The van der Waals surface area contributed by atoms with Crippen molar-refractivity contribution in [3.05, 3.63) is 0 Å². The molecular weight excluding hydrogens is 138 g/mol. The van der Waals surface area contributed by atoms with Crippen LogP contribution in [0.15, 0.2) is 0 Å². The maximum atomic E-state index is 8.67. The number of rotatable bonds is 3. The Balaban J connectivity index is 3.28. The maximum Gasteiger partial charge on any atom is 0.133 e.